The summed E-state index contributed by atoms with van der Waals surface area (Å²) in [5.74, 6) is -10.1. The van der Waals surface area contributed by atoms with Gasteiger partial charge in [-0.1, -0.05) is 124 Å². The Hall–Kier alpha value is -10.2. The Morgan fingerprint density at radius 2 is 1.12 bits per heavy atom. The van der Waals surface area contributed by atoms with Crippen LogP contribution < -0.4 is 138 Å². The van der Waals surface area contributed by atoms with Gasteiger partial charge in [0.15, 0.2) is 0 Å². The second kappa shape index (κ2) is 64.1. The first-order chi connectivity index (χ1) is 67.3. The first kappa shape index (κ1) is 126. The van der Waals surface area contributed by atoms with Gasteiger partial charge in [0.1, 0.15) is 30.2 Å². The van der Waals surface area contributed by atoms with Crippen LogP contribution in [0.15, 0.2) is 108 Å². The second-order valence-electron chi connectivity index (χ2n) is 37.5. The number of amides is 15. The molecular weight excluding hydrogens is 1910 g/mol. The van der Waals surface area contributed by atoms with Crippen molar-refractivity contribution in [3.05, 3.63) is 114 Å². The molecule has 0 aliphatic carbocycles. The first-order valence-electron chi connectivity index (χ1n) is 48.5. The van der Waals surface area contributed by atoms with Crippen LogP contribution in [0.2, 0.25) is 0 Å². The van der Waals surface area contributed by atoms with Gasteiger partial charge in [-0.15, -0.1) is 0 Å². The van der Waals surface area contributed by atoms with Crippen molar-refractivity contribution in [1.29, 1.82) is 0 Å². The maximum atomic E-state index is 14.7. The zero-order chi connectivity index (χ0) is 105. The SMILES string of the molecule is CCCNC(=O)Nc1cccc(S(=O)(=O)Nc2cccc([C@@H](CC(=O)[O-])NC(=O)Nc3ccc(NC(=O)NCCOCCOCCOCCC(=O)N[C@@H](CC(=O)[O-])C(=O)N4CCC[C@H]4C(=O)N[C@H](C(=O)NCCC(C)(C)C(=O)OCCCNC(=O)[C@H](Cc4ccccc4)NC(=O)[C@H](C)[C@@H](OC)[C@@H]4CCCN4C(=O)C[C@@H](OC)[C@H]([C@@H](C)CC)N(C)C(=O)[C@@H](NC(=O)[C@H](C(C)C)N(C)C)C(C)C)C(C)C)cc3)c2)c1.[Na+].[Na+]. The Morgan fingerprint density at radius 1 is 0.535 bits per heavy atom. The average molecular weight is 2060 g/mol. The van der Waals surface area contributed by atoms with Crippen LogP contribution in [0.5, 0.6) is 0 Å². The number of nitrogens with one attached hydrogen (secondary N) is 13. The number of hydrogen-bond donors (Lipinski definition) is 13. The number of ether oxygens (including phenoxy) is 6. The van der Waals surface area contributed by atoms with E-state index in [0.717, 1.165) is 10.5 Å². The normalized spacial score (nSPS) is 15.8. The molecule has 2 aliphatic rings. The van der Waals surface area contributed by atoms with E-state index in [1.165, 1.54) is 87.0 Å². The number of aliphatic carboxylic acids is 2. The summed E-state index contributed by atoms with van der Waals surface area (Å²) in [4.78, 5) is 208. The van der Waals surface area contributed by atoms with E-state index in [1.807, 2.05) is 97.8 Å². The number of rotatable bonds is 61. The molecule has 13 atom stereocenters. The summed E-state index contributed by atoms with van der Waals surface area (Å²) >= 11 is 0. The Morgan fingerprint density at radius 3 is 1.72 bits per heavy atom. The fourth-order valence-electron chi connectivity index (χ4n) is 16.9. The summed E-state index contributed by atoms with van der Waals surface area (Å²) < 4.78 is 63.6. The van der Waals surface area contributed by atoms with Crippen LogP contribution in [0, 0.1) is 35.0 Å². The van der Waals surface area contributed by atoms with Crippen LogP contribution in [-0.2, 0) is 102 Å². The number of sulfonamides is 1. The topological polar surface area (TPSA) is 561 Å². The van der Waals surface area contributed by atoms with Crippen molar-refractivity contribution in [1.82, 2.24) is 67.5 Å². The Kier molecular flexibility index (Phi) is 56.1. The number of carboxylic acid groups (broad SMARTS) is 2. The number of benzene rings is 4. The van der Waals surface area contributed by atoms with Gasteiger partial charge in [0, 0.05) is 121 Å². The molecule has 6 rings (SSSR count). The molecule has 788 valence electrons. The first-order valence-corrected chi connectivity index (χ1v) is 50.0. The number of methoxy groups -OCH3 is 2. The summed E-state index contributed by atoms with van der Waals surface area (Å²) in [5, 5.41) is 56.2. The number of anilines is 4. The summed E-state index contributed by atoms with van der Waals surface area (Å²) in [7, 11) is 4.12. The molecule has 0 saturated carbocycles. The van der Waals surface area contributed by atoms with Crippen molar-refractivity contribution in [2.45, 2.75) is 238 Å². The molecule has 0 bridgehead atoms. The molecule has 4 aromatic carbocycles. The maximum Gasteiger partial charge on any atom is 1.00 e. The molecule has 45 heteroatoms. The number of carbonyl (C=O) groups excluding carboxylic acids is 15. The van der Waals surface area contributed by atoms with Gasteiger partial charge in [0.05, 0.1) is 105 Å². The fraction of sp³-hybridized carbons (Fsp3) is 0.606. The minimum Gasteiger partial charge on any atom is -0.550 e. The van der Waals surface area contributed by atoms with E-state index in [-0.39, 0.29) is 233 Å². The Bertz CT molecular complexity index is 4930. The van der Waals surface area contributed by atoms with Crippen LogP contribution >= 0.6 is 0 Å². The summed E-state index contributed by atoms with van der Waals surface area (Å²) in [6.07, 6.45) is -0.0605. The van der Waals surface area contributed by atoms with E-state index in [9.17, 15) is 90.5 Å². The smallest absolute Gasteiger partial charge is 0.550 e. The zero-order valence-corrected chi connectivity index (χ0v) is 91.7. The van der Waals surface area contributed by atoms with Crippen molar-refractivity contribution < 1.29 is 178 Å². The van der Waals surface area contributed by atoms with Crippen LogP contribution in [0.25, 0.3) is 0 Å². The molecule has 13 N–H and O–H groups in total. The minimum absolute atomic E-state index is 0. The minimum atomic E-state index is -4.21. The van der Waals surface area contributed by atoms with E-state index in [1.54, 1.807) is 51.5 Å². The van der Waals surface area contributed by atoms with Gasteiger partial charge in [-0.2, -0.15) is 0 Å². The van der Waals surface area contributed by atoms with Gasteiger partial charge < -0.3 is 127 Å². The van der Waals surface area contributed by atoms with Gasteiger partial charge >= 0.3 is 83.2 Å². The third-order valence-electron chi connectivity index (χ3n) is 24.7. The standard InChI is InChI=1S/C99H151N17O25S.2Na/c1-18-42-102-96(131)106-70-31-24-33-72(57-70)142(134,135)112-71-32-23-30-67(56-71)73(58-81(119)120)109-98(133)105-69-38-36-68(37-39-69)104-97(132)103-45-50-139-52-54-140-53-51-138-49-40-79(117)107-75(59-82(121)122)93(128)116-47-26-35-77(116)90(125)110-83(61(3)4)91(126)101-44-41-99(11,12)95(130)141-48-27-43-100-89(124)74(55-66-28-21-20-22-29-66)108-88(123)65(10)87(137-17)76-34-25-46-115(76)80(118)60-78(136-16)86(64(9)19-2)114(15)94(129)84(62(5)6)111-92(127)85(63(7)8)113(13)14;;/h20-24,28-33,36-39,56-57,61-65,73-78,83-87,112H,18-19,25-27,34-35,40-55,58-60H2,1-17H3,(H,100,124)(H,101,126)(H,107,117)(H,108,123)(H,110,125)(H,111,127)(H,119,120)(H,121,122)(H2,102,106,131)(H2,103,104,132)(H2,105,109,133);;/q;2*+1/p-2/t64-,65+,73+,74-,75-,76-,77-,78+,83-,84-,85-,86-,87+;;/m0../s1. The van der Waals surface area contributed by atoms with Gasteiger partial charge in [-0.05, 0) is 162 Å². The van der Waals surface area contributed by atoms with E-state index in [2.05, 4.69) is 68.5 Å². The number of carbonyl (C=O) groups is 15. The van der Waals surface area contributed by atoms with E-state index in [0.29, 0.717) is 50.9 Å². The summed E-state index contributed by atoms with van der Waals surface area (Å²) in [6.45, 7) is 23.2. The zero-order valence-electron chi connectivity index (χ0n) is 86.8. The quantitative estimate of drug-likeness (QED) is 0.0133. The third kappa shape index (κ3) is 41.6. The molecule has 0 unspecified atom stereocenters. The molecule has 2 saturated heterocycles. The number of likely N-dealkylation sites (N-methyl/N-ethyl adjacent to an activating group) is 2. The molecule has 15 amide bonds. The van der Waals surface area contributed by atoms with E-state index < -0.39 is 178 Å². The molecule has 0 spiro atoms. The maximum absolute atomic E-state index is 14.7. The monoisotopic (exact) mass is 2050 g/mol. The van der Waals surface area contributed by atoms with Crippen molar-refractivity contribution in [3.63, 3.8) is 0 Å². The number of esters is 1. The molecule has 0 radical (unpaired) electrons. The largest absolute Gasteiger partial charge is 1.00 e. The van der Waals surface area contributed by atoms with Crippen molar-refractivity contribution in [3.8, 4) is 0 Å². The number of hydrogen-bond acceptors (Lipinski definition) is 26. The number of likely N-dealkylation sites (tertiary alicyclic amines) is 2. The summed E-state index contributed by atoms with van der Waals surface area (Å²) in [6, 6.07) is 16.0. The number of nitrogens with zero attached hydrogens (tertiary/aromatic N) is 4. The van der Waals surface area contributed by atoms with Crippen LogP contribution in [0.4, 0.5) is 37.1 Å². The van der Waals surface area contributed by atoms with Crippen molar-refractivity contribution in [2.24, 2.45) is 35.0 Å². The molecular formula is C99H149N17Na2O25S. The van der Waals surface area contributed by atoms with Crippen LogP contribution in [0.3, 0.4) is 0 Å². The third-order valence-corrected chi connectivity index (χ3v) is 26.1. The van der Waals surface area contributed by atoms with E-state index >= 15 is 0 Å². The van der Waals surface area contributed by atoms with Gasteiger partial charge in [-0.3, -0.25) is 57.6 Å². The Labute approximate surface area is 889 Å². The molecule has 2 fully saturated rings. The average Bonchev–Trinajstić information content (AvgIpc) is 1.72. The molecule has 144 heavy (non-hydrogen) atoms. The van der Waals surface area contributed by atoms with Crippen LogP contribution in [0.1, 0.15) is 177 Å². The molecule has 0 aromatic heterocycles. The molecule has 4 aromatic rings. The second-order valence-corrected chi connectivity index (χ2v) is 39.1. The number of urea groups is 3. The Balaban J connectivity index is 0.0000216. The van der Waals surface area contributed by atoms with Gasteiger partial charge in [-0.25, -0.2) is 22.8 Å². The predicted octanol–water partition coefficient (Wildman–Crippen LogP) is -1.70. The van der Waals surface area contributed by atoms with Gasteiger partial charge in [0.25, 0.3) is 10.0 Å². The molecule has 2 aliphatic heterocycles. The van der Waals surface area contributed by atoms with Crippen LogP contribution in [-0.4, -0.2) is 299 Å². The van der Waals surface area contributed by atoms with Crippen molar-refractivity contribution in [2.75, 3.05) is 142 Å². The fourth-order valence-corrected chi connectivity index (χ4v) is 18.0. The molecule has 42 nitrogen and oxygen atoms in total. The predicted molar refractivity (Wildman–Crippen MR) is 526 cm³/mol. The van der Waals surface area contributed by atoms with Gasteiger partial charge in [0.2, 0.25) is 53.2 Å². The summed E-state index contributed by atoms with van der Waals surface area (Å²) in [5.41, 5.74) is 0.760. The van der Waals surface area contributed by atoms with Crippen molar-refractivity contribution >= 4 is 122 Å². The molecule has 2 heterocycles. The van der Waals surface area contributed by atoms with E-state index in [4.69, 9.17) is 28.4 Å². The number of carboxylic acids is 2.